The van der Waals surface area contributed by atoms with E-state index in [4.69, 9.17) is 17.3 Å². The minimum atomic E-state index is 0.0945. The van der Waals surface area contributed by atoms with Crippen molar-refractivity contribution in [3.63, 3.8) is 0 Å². The molecule has 0 aliphatic heterocycles. The van der Waals surface area contributed by atoms with Gasteiger partial charge in [-0.05, 0) is 12.1 Å². The Hall–Kier alpha value is -2.28. The van der Waals surface area contributed by atoms with E-state index in [1.54, 1.807) is 10.9 Å². The fourth-order valence-electron chi connectivity index (χ4n) is 1.59. The summed E-state index contributed by atoms with van der Waals surface area (Å²) >= 11 is 5.92. The van der Waals surface area contributed by atoms with Crippen LogP contribution in [0.5, 0.6) is 0 Å². The number of anilines is 1. The molecule has 0 aliphatic rings. The second-order valence-electron chi connectivity index (χ2n) is 3.61. The molecule has 0 spiro atoms. The van der Waals surface area contributed by atoms with Gasteiger partial charge in [-0.1, -0.05) is 22.9 Å². The van der Waals surface area contributed by atoms with Gasteiger partial charge in [-0.25, -0.2) is 4.68 Å². The van der Waals surface area contributed by atoms with Gasteiger partial charge in [-0.3, -0.25) is 4.98 Å². The summed E-state index contributed by atoms with van der Waals surface area (Å²) in [6, 6.07) is 5.64. The molecule has 2 N–H and O–H groups in total. The van der Waals surface area contributed by atoms with E-state index >= 15 is 0 Å². The summed E-state index contributed by atoms with van der Waals surface area (Å²) < 4.78 is 1.58. The molecule has 90 valence electrons. The number of rotatable bonds is 2. The maximum atomic E-state index is 5.92. The number of nitrogens with zero attached hydrogens (tertiary/aromatic N) is 6. The standard InChI is InChI=1S/C10H8ClN7/c11-8-7-9(15-10(12)14-8)18(17-16-7)5-6-3-1-2-4-13-6/h1-4H,5H2,(H2,12,14,15). The Morgan fingerprint density at radius 1 is 1.28 bits per heavy atom. The molecular weight excluding hydrogens is 254 g/mol. The smallest absolute Gasteiger partial charge is 0.223 e. The zero-order valence-electron chi connectivity index (χ0n) is 9.16. The normalized spacial score (nSPS) is 10.9. The number of hydrogen-bond acceptors (Lipinski definition) is 6. The molecule has 3 rings (SSSR count). The number of pyridine rings is 1. The highest BCUT2D eigenvalue weighted by Gasteiger charge is 2.12. The van der Waals surface area contributed by atoms with E-state index in [0.717, 1.165) is 5.69 Å². The maximum absolute atomic E-state index is 5.92. The molecule has 7 nitrogen and oxygen atoms in total. The van der Waals surface area contributed by atoms with Crippen LogP contribution in [0.25, 0.3) is 11.2 Å². The Balaban J connectivity index is 2.08. The lowest BCUT2D eigenvalue weighted by Crippen LogP contribution is -2.05. The van der Waals surface area contributed by atoms with Crippen LogP contribution in [0, 0.1) is 0 Å². The van der Waals surface area contributed by atoms with Crippen LogP contribution in [0.1, 0.15) is 5.69 Å². The van der Waals surface area contributed by atoms with Crippen LogP contribution in [0.2, 0.25) is 5.15 Å². The summed E-state index contributed by atoms with van der Waals surface area (Å²) in [5, 5.41) is 8.10. The fourth-order valence-corrected chi connectivity index (χ4v) is 1.80. The molecule has 3 heterocycles. The molecule has 8 heteroatoms. The van der Waals surface area contributed by atoms with Gasteiger partial charge in [0.1, 0.15) is 0 Å². The first-order valence-electron chi connectivity index (χ1n) is 5.16. The molecule has 0 saturated carbocycles. The van der Waals surface area contributed by atoms with Crippen LogP contribution in [-0.4, -0.2) is 29.9 Å². The Morgan fingerprint density at radius 2 is 2.17 bits per heavy atom. The fraction of sp³-hybridized carbons (Fsp3) is 0.100. The monoisotopic (exact) mass is 261 g/mol. The average molecular weight is 262 g/mol. The molecule has 3 aromatic heterocycles. The molecule has 18 heavy (non-hydrogen) atoms. The summed E-state index contributed by atoms with van der Waals surface area (Å²) in [5.41, 5.74) is 7.33. The van der Waals surface area contributed by atoms with Crippen molar-refractivity contribution in [3.05, 3.63) is 35.2 Å². The Labute approximate surface area is 107 Å². The molecule has 3 aromatic rings. The van der Waals surface area contributed by atoms with Gasteiger partial charge in [-0.2, -0.15) is 9.97 Å². The Bertz CT molecular complexity index is 694. The highest BCUT2D eigenvalue weighted by Crippen LogP contribution is 2.18. The van der Waals surface area contributed by atoms with Gasteiger partial charge in [0.15, 0.2) is 16.3 Å². The first-order valence-corrected chi connectivity index (χ1v) is 5.54. The SMILES string of the molecule is Nc1nc(Cl)c2nnn(Cc3ccccn3)c2n1. The van der Waals surface area contributed by atoms with Crippen LogP contribution >= 0.6 is 11.6 Å². The molecule has 0 amide bonds. The number of fused-ring (bicyclic) bond motifs is 1. The van der Waals surface area contributed by atoms with Crippen molar-refractivity contribution in [2.45, 2.75) is 6.54 Å². The van der Waals surface area contributed by atoms with E-state index in [9.17, 15) is 0 Å². The first-order chi connectivity index (χ1) is 8.74. The van der Waals surface area contributed by atoms with Crippen LogP contribution in [-0.2, 0) is 6.54 Å². The molecule has 0 aromatic carbocycles. The molecular formula is C10H8ClN7. The van der Waals surface area contributed by atoms with Gasteiger partial charge < -0.3 is 5.73 Å². The van der Waals surface area contributed by atoms with E-state index in [1.165, 1.54) is 0 Å². The largest absolute Gasteiger partial charge is 0.368 e. The number of nitrogens with two attached hydrogens (primary N) is 1. The topological polar surface area (TPSA) is 95.4 Å². The second kappa shape index (κ2) is 4.19. The van der Waals surface area contributed by atoms with Gasteiger partial charge in [0.2, 0.25) is 5.95 Å². The van der Waals surface area contributed by atoms with E-state index in [2.05, 4.69) is 25.3 Å². The minimum absolute atomic E-state index is 0.0945. The predicted molar refractivity (Wildman–Crippen MR) is 65.9 cm³/mol. The van der Waals surface area contributed by atoms with E-state index in [1.807, 2.05) is 18.2 Å². The van der Waals surface area contributed by atoms with Crippen molar-refractivity contribution in [1.82, 2.24) is 29.9 Å². The van der Waals surface area contributed by atoms with Crippen LogP contribution in [0.3, 0.4) is 0 Å². The summed E-state index contributed by atoms with van der Waals surface area (Å²) in [4.78, 5) is 12.1. The molecule has 0 unspecified atom stereocenters. The molecule has 0 saturated heterocycles. The van der Waals surface area contributed by atoms with Crippen molar-refractivity contribution < 1.29 is 0 Å². The Morgan fingerprint density at radius 3 is 2.94 bits per heavy atom. The first kappa shape index (κ1) is 10.8. The van der Waals surface area contributed by atoms with Crippen LogP contribution in [0.4, 0.5) is 5.95 Å². The number of nitrogen functional groups attached to an aromatic ring is 1. The molecule has 0 atom stereocenters. The quantitative estimate of drug-likeness (QED) is 0.689. The van der Waals surface area contributed by atoms with Crippen molar-refractivity contribution in [2.75, 3.05) is 5.73 Å². The van der Waals surface area contributed by atoms with Crippen molar-refractivity contribution in [3.8, 4) is 0 Å². The lowest BCUT2D eigenvalue weighted by atomic mass is 10.3. The van der Waals surface area contributed by atoms with E-state index in [0.29, 0.717) is 17.7 Å². The highest BCUT2D eigenvalue weighted by molar-refractivity contribution is 6.33. The maximum Gasteiger partial charge on any atom is 0.223 e. The molecule has 0 bridgehead atoms. The van der Waals surface area contributed by atoms with Crippen LogP contribution in [0.15, 0.2) is 24.4 Å². The van der Waals surface area contributed by atoms with Gasteiger partial charge in [0.25, 0.3) is 0 Å². The van der Waals surface area contributed by atoms with Gasteiger partial charge in [0, 0.05) is 6.20 Å². The summed E-state index contributed by atoms with van der Waals surface area (Å²) in [5.74, 6) is 0.0945. The number of hydrogen-bond donors (Lipinski definition) is 1. The third kappa shape index (κ3) is 1.84. The van der Waals surface area contributed by atoms with Crippen molar-refractivity contribution >= 4 is 28.7 Å². The van der Waals surface area contributed by atoms with E-state index in [-0.39, 0.29) is 11.1 Å². The van der Waals surface area contributed by atoms with E-state index < -0.39 is 0 Å². The number of aromatic nitrogens is 6. The molecule has 0 radical (unpaired) electrons. The predicted octanol–water partition coefficient (Wildman–Crippen LogP) is 0.900. The highest BCUT2D eigenvalue weighted by atomic mass is 35.5. The van der Waals surface area contributed by atoms with Crippen LogP contribution < -0.4 is 5.73 Å². The Kier molecular flexibility index (Phi) is 2.52. The zero-order chi connectivity index (χ0) is 12.5. The third-order valence-corrected chi connectivity index (χ3v) is 2.64. The minimum Gasteiger partial charge on any atom is -0.368 e. The zero-order valence-corrected chi connectivity index (χ0v) is 9.91. The summed E-state index contributed by atoms with van der Waals surface area (Å²) in [6.45, 7) is 0.449. The summed E-state index contributed by atoms with van der Waals surface area (Å²) in [6.07, 6.45) is 1.71. The summed E-state index contributed by atoms with van der Waals surface area (Å²) in [7, 11) is 0. The van der Waals surface area contributed by atoms with Gasteiger partial charge in [0.05, 0.1) is 12.2 Å². The van der Waals surface area contributed by atoms with Crippen molar-refractivity contribution in [1.29, 1.82) is 0 Å². The lowest BCUT2D eigenvalue weighted by molar-refractivity contribution is 0.653. The van der Waals surface area contributed by atoms with Gasteiger partial charge >= 0.3 is 0 Å². The average Bonchev–Trinajstić information content (AvgIpc) is 2.74. The molecule has 0 aliphatic carbocycles. The van der Waals surface area contributed by atoms with Gasteiger partial charge in [-0.15, -0.1) is 5.10 Å². The van der Waals surface area contributed by atoms with Crippen molar-refractivity contribution in [2.24, 2.45) is 0 Å². The molecule has 0 fully saturated rings. The lowest BCUT2D eigenvalue weighted by Gasteiger charge is -2.01. The number of halogens is 1. The second-order valence-corrected chi connectivity index (χ2v) is 3.97. The third-order valence-electron chi connectivity index (χ3n) is 2.38.